The van der Waals surface area contributed by atoms with E-state index >= 15 is 0 Å². The predicted octanol–water partition coefficient (Wildman–Crippen LogP) is 0.228. The molecule has 2 aromatic heterocycles. The average molecular weight is 739 g/mol. The zero-order valence-electron chi connectivity index (χ0n) is 26.3. The maximum absolute atomic E-state index is 12.3. The van der Waals surface area contributed by atoms with Crippen LogP contribution in [-0.4, -0.2) is 72.1 Å². The van der Waals surface area contributed by atoms with E-state index in [-0.39, 0.29) is 11.7 Å². The van der Waals surface area contributed by atoms with Crippen molar-refractivity contribution in [2.75, 3.05) is 23.5 Å². The first-order chi connectivity index (χ1) is 22.9. The maximum atomic E-state index is 12.3. The molecule has 21 heteroatoms. The molecular formula is C28H31ClN8O10S2. The number of carbonyl (C=O) groups excluding carboxylic acids is 2. The molecule has 2 aromatic carbocycles. The molecule has 0 atom stereocenters. The van der Waals surface area contributed by atoms with Crippen LogP contribution in [0.5, 0.6) is 11.5 Å². The number of hydrogen-bond donors (Lipinski definition) is 6. The minimum atomic E-state index is -3.93. The van der Waals surface area contributed by atoms with E-state index in [4.69, 9.17) is 11.6 Å². The number of anilines is 2. The summed E-state index contributed by atoms with van der Waals surface area (Å²) in [5, 5.41) is 24.3. The van der Waals surface area contributed by atoms with Gasteiger partial charge in [-0.25, -0.2) is 26.8 Å². The van der Waals surface area contributed by atoms with Crippen molar-refractivity contribution in [3.05, 3.63) is 103 Å². The van der Waals surface area contributed by atoms with Crippen molar-refractivity contribution >= 4 is 55.4 Å². The summed E-state index contributed by atoms with van der Waals surface area (Å²) < 4.78 is 55.0. The molecule has 18 nitrogen and oxygen atoms in total. The summed E-state index contributed by atoms with van der Waals surface area (Å²) in [6, 6.07) is 14.6. The molecule has 49 heavy (non-hydrogen) atoms. The standard InChI is InChI=1S/C14H15ClN4O5S.C14H16N4O5S/c1-16-12(21)10-11(20)13(22)19(2)14(17-10)18-25(23,24)7-8-3-5-9(15)6-4-8;1-15-12(20)10-11(19)13(21)18(2)14(16-10)17-24(22,23)8-9-6-4-3-5-7-9/h3-6,20H,7H2,1-2H3,(H,16,21)(H,17,18);3-7,19H,8H2,1-2H3,(H,15,20)(H,16,17). The summed E-state index contributed by atoms with van der Waals surface area (Å²) in [6.45, 7) is 0. The van der Waals surface area contributed by atoms with E-state index in [1.165, 1.54) is 28.2 Å². The minimum Gasteiger partial charge on any atom is -0.501 e. The fourth-order valence-electron chi connectivity index (χ4n) is 3.86. The third-order valence-electron chi connectivity index (χ3n) is 6.38. The van der Waals surface area contributed by atoms with Gasteiger partial charge in [0.1, 0.15) is 0 Å². The van der Waals surface area contributed by atoms with E-state index in [1.807, 2.05) is 0 Å². The van der Waals surface area contributed by atoms with Gasteiger partial charge in [-0.15, -0.1) is 0 Å². The van der Waals surface area contributed by atoms with Gasteiger partial charge in [-0.1, -0.05) is 54.1 Å². The second-order valence-corrected chi connectivity index (χ2v) is 13.9. The van der Waals surface area contributed by atoms with Crippen molar-refractivity contribution in [1.82, 2.24) is 29.7 Å². The molecule has 0 unspecified atom stereocenters. The number of nitrogens with one attached hydrogen (secondary N) is 4. The van der Waals surface area contributed by atoms with Crippen molar-refractivity contribution in [2.24, 2.45) is 14.1 Å². The van der Waals surface area contributed by atoms with Gasteiger partial charge in [-0.2, -0.15) is 0 Å². The first-order valence-electron chi connectivity index (χ1n) is 13.7. The molecule has 0 aliphatic rings. The fraction of sp³-hybridized carbons (Fsp3) is 0.214. The highest BCUT2D eigenvalue weighted by Gasteiger charge is 2.23. The Bertz CT molecular complexity index is 2210. The van der Waals surface area contributed by atoms with Crippen molar-refractivity contribution in [2.45, 2.75) is 11.5 Å². The Kier molecular flexibility index (Phi) is 12.1. The molecule has 0 saturated carbocycles. The number of amides is 2. The van der Waals surface area contributed by atoms with Gasteiger partial charge >= 0.3 is 0 Å². The van der Waals surface area contributed by atoms with Crippen LogP contribution in [0.25, 0.3) is 0 Å². The first-order valence-corrected chi connectivity index (χ1v) is 17.4. The van der Waals surface area contributed by atoms with E-state index in [0.29, 0.717) is 16.1 Å². The van der Waals surface area contributed by atoms with Crippen LogP contribution in [0.3, 0.4) is 0 Å². The largest absolute Gasteiger partial charge is 0.501 e. The number of hydrogen-bond acceptors (Lipinski definition) is 12. The maximum Gasteiger partial charge on any atom is 0.297 e. The van der Waals surface area contributed by atoms with Crippen molar-refractivity contribution in [3.63, 3.8) is 0 Å². The molecule has 2 amide bonds. The minimum absolute atomic E-state index is 0.333. The lowest BCUT2D eigenvalue weighted by Crippen LogP contribution is -2.30. The molecule has 0 fully saturated rings. The van der Waals surface area contributed by atoms with Crippen LogP contribution >= 0.6 is 11.6 Å². The van der Waals surface area contributed by atoms with Gasteiger partial charge in [0.25, 0.3) is 22.9 Å². The molecule has 4 rings (SSSR count). The molecule has 262 valence electrons. The highest BCUT2D eigenvalue weighted by molar-refractivity contribution is 7.92. The quantitative estimate of drug-likeness (QED) is 0.128. The second kappa shape index (κ2) is 15.6. The number of sulfonamides is 2. The van der Waals surface area contributed by atoms with E-state index < -0.39 is 77.6 Å². The Morgan fingerprint density at radius 2 is 1.06 bits per heavy atom. The third kappa shape index (κ3) is 9.78. The number of aromatic nitrogens is 4. The predicted molar refractivity (Wildman–Crippen MR) is 179 cm³/mol. The summed E-state index contributed by atoms with van der Waals surface area (Å²) in [5.41, 5.74) is -2.03. The summed E-state index contributed by atoms with van der Waals surface area (Å²) in [4.78, 5) is 54.7. The van der Waals surface area contributed by atoms with Gasteiger partial charge in [0, 0.05) is 33.2 Å². The van der Waals surface area contributed by atoms with Gasteiger partial charge in [0.2, 0.25) is 43.4 Å². The Morgan fingerprint density at radius 3 is 1.43 bits per heavy atom. The second-order valence-electron chi connectivity index (χ2n) is 9.99. The van der Waals surface area contributed by atoms with Gasteiger partial charge in [0.15, 0.2) is 11.4 Å². The smallest absolute Gasteiger partial charge is 0.297 e. The number of benzene rings is 2. The van der Waals surface area contributed by atoms with Crippen molar-refractivity contribution in [3.8, 4) is 11.5 Å². The van der Waals surface area contributed by atoms with Crippen LogP contribution in [0.15, 0.2) is 64.2 Å². The molecule has 4 aromatic rings. The zero-order chi connectivity index (χ0) is 36.7. The normalized spacial score (nSPS) is 11.1. The Hall–Kier alpha value is -5.47. The van der Waals surface area contributed by atoms with E-state index in [0.717, 1.165) is 9.13 Å². The lowest BCUT2D eigenvalue weighted by Gasteiger charge is -2.13. The number of nitrogens with zero attached hydrogens (tertiary/aromatic N) is 4. The lowest BCUT2D eigenvalue weighted by atomic mass is 10.2. The van der Waals surface area contributed by atoms with Gasteiger partial charge < -0.3 is 20.8 Å². The Labute approximate surface area is 284 Å². The summed E-state index contributed by atoms with van der Waals surface area (Å²) in [5.74, 6) is -4.86. The Morgan fingerprint density at radius 1 is 0.694 bits per heavy atom. The summed E-state index contributed by atoms with van der Waals surface area (Å²) in [7, 11) is -2.79. The fourth-order valence-corrected chi connectivity index (χ4v) is 6.31. The molecule has 0 saturated heterocycles. The number of carbonyl (C=O) groups is 2. The molecular weight excluding hydrogens is 708 g/mol. The van der Waals surface area contributed by atoms with E-state index in [1.54, 1.807) is 54.6 Å². The topological polar surface area (TPSA) is 261 Å². The van der Waals surface area contributed by atoms with Gasteiger partial charge in [-0.05, 0) is 23.3 Å². The van der Waals surface area contributed by atoms with Crippen LogP contribution in [0.1, 0.15) is 32.1 Å². The summed E-state index contributed by atoms with van der Waals surface area (Å²) >= 11 is 5.75. The number of rotatable bonds is 10. The monoisotopic (exact) mass is 738 g/mol. The highest BCUT2D eigenvalue weighted by Crippen LogP contribution is 2.17. The molecule has 6 N–H and O–H groups in total. The number of aromatic hydroxyl groups is 2. The molecule has 0 spiro atoms. The van der Waals surface area contributed by atoms with E-state index in [9.17, 15) is 46.2 Å². The third-order valence-corrected chi connectivity index (χ3v) is 9.05. The molecule has 0 bridgehead atoms. The zero-order valence-corrected chi connectivity index (χ0v) is 28.6. The molecule has 0 radical (unpaired) electrons. The van der Waals surface area contributed by atoms with Crippen LogP contribution in [-0.2, 0) is 45.6 Å². The average Bonchev–Trinajstić information content (AvgIpc) is 3.06. The van der Waals surface area contributed by atoms with Crippen LogP contribution < -0.4 is 31.2 Å². The van der Waals surface area contributed by atoms with Crippen LogP contribution in [0, 0.1) is 0 Å². The number of halogens is 1. The van der Waals surface area contributed by atoms with Crippen LogP contribution in [0.4, 0.5) is 11.9 Å². The summed E-state index contributed by atoms with van der Waals surface area (Å²) in [6.07, 6.45) is 0. The van der Waals surface area contributed by atoms with Gasteiger partial charge in [0.05, 0.1) is 11.5 Å². The molecule has 0 aliphatic carbocycles. The van der Waals surface area contributed by atoms with E-state index in [2.05, 4.69) is 30.0 Å². The van der Waals surface area contributed by atoms with Crippen LogP contribution in [0.2, 0.25) is 5.02 Å². The lowest BCUT2D eigenvalue weighted by molar-refractivity contribution is 0.0946. The SMILES string of the molecule is CNC(=O)c1nc(NS(=O)(=O)Cc2ccc(Cl)cc2)n(C)c(=O)c1O.CNC(=O)c1nc(NS(=O)(=O)Cc2ccccc2)n(C)c(=O)c1O. The van der Waals surface area contributed by atoms with Crippen molar-refractivity contribution < 1.29 is 36.6 Å². The molecule has 0 aliphatic heterocycles. The van der Waals surface area contributed by atoms with Crippen molar-refractivity contribution in [1.29, 1.82) is 0 Å². The first kappa shape index (κ1) is 38.0. The highest BCUT2D eigenvalue weighted by atomic mass is 35.5. The Balaban J connectivity index is 0.000000266. The van der Waals surface area contributed by atoms with Gasteiger partial charge in [-0.3, -0.25) is 37.8 Å². The molecule has 2 heterocycles.